The molecule has 0 saturated heterocycles. The molecule has 1 aromatic heterocycles. The van der Waals surface area contributed by atoms with E-state index in [2.05, 4.69) is 22.1 Å². The van der Waals surface area contributed by atoms with Crippen LogP contribution < -0.4 is 5.32 Å². The number of para-hydroxylation sites is 1. The Bertz CT molecular complexity index is 1010. The smallest absolute Gasteiger partial charge is 0.225 e. The molecule has 0 fully saturated rings. The largest absolute Gasteiger partial charge is 0.325 e. The molecule has 150 valence electrons. The molecule has 5 nitrogen and oxygen atoms in total. The second-order valence-corrected chi connectivity index (χ2v) is 7.94. The van der Waals surface area contributed by atoms with Crippen LogP contribution in [0.2, 0.25) is 0 Å². The number of amides is 1. The van der Waals surface area contributed by atoms with E-state index in [4.69, 9.17) is 0 Å². The SMILES string of the molecule is C=CCn1c(SCCC(=O)Nc2ccccc2SC)nnc1-c1ccccc1F. The van der Waals surface area contributed by atoms with Gasteiger partial charge in [0, 0.05) is 23.6 Å². The van der Waals surface area contributed by atoms with Crippen LogP contribution in [0.25, 0.3) is 11.4 Å². The zero-order valence-electron chi connectivity index (χ0n) is 16.0. The predicted octanol–water partition coefficient (Wildman–Crippen LogP) is 5.11. The Kier molecular flexibility index (Phi) is 7.48. The molecule has 3 rings (SSSR count). The van der Waals surface area contributed by atoms with Gasteiger partial charge >= 0.3 is 0 Å². The minimum Gasteiger partial charge on any atom is -0.325 e. The lowest BCUT2D eigenvalue weighted by molar-refractivity contribution is -0.115. The van der Waals surface area contributed by atoms with Gasteiger partial charge in [0.05, 0.1) is 11.3 Å². The molecule has 0 unspecified atom stereocenters. The standard InChI is InChI=1S/C21H21FN4OS2/c1-3-13-26-20(15-8-4-5-9-16(15)22)24-25-21(26)29-14-12-19(27)23-17-10-6-7-11-18(17)28-2/h3-11H,1,12-14H2,2H3,(H,23,27). The van der Waals surface area contributed by atoms with E-state index in [0.717, 1.165) is 10.6 Å². The molecule has 3 aromatic rings. The summed E-state index contributed by atoms with van der Waals surface area (Å²) >= 11 is 3.00. The number of benzene rings is 2. The van der Waals surface area contributed by atoms with Gasteiger partial charge in [-0.15, -0.1) is 28.5 Å². The zero-order chi connectivity index (χ0) is 20.6. The summed E-state index contributed by atoms with van der Waals surface area (Å²) in [5.74, 6) is 0.556. The second kappa shape index (κ2) is 10.3. The highest BCUT2D eigenvalue weighted by Gasteiger charge is 2.16. The number of allylic oxidation sites excluding steroid dienone is 1. The van der Waals surface area contributed by atoms with Crippen molar-refractivity contribution < 1.29 is 9.18 Å². The zero-order valence-corrected chi connectivity index (χ0v) is 17.6. The van der Waals surface area contributed by atoms with Gasteiger partial charge in [0.1, 0.15) is 5.82 Å². The van der Waals surface area contributed by atoms with Crippen LogP contribution in [0.4, 0.5) is 10.1 Å². The van der Waals surface area contributed by atoms with Crippen LogP contribution in [0.1, 0.15) is 6.42 Å². The molecule has 0 aliphatic heterocycles. The van der Waals surface area contributed by atoms with E-state index in [-0.39, 0.29) is 11.7 Å². The van der Waals surface area contributed by atoms with E-state index < -0.39 is 0 Å². The monoisotopic (exact) mass is 428 g/mol. The maximum atomic E-state index is 14.2. The molecule has 0 saturated carbocycles. The molecular weight excluding hydrogens is 407 g/mol. The summed E-state index contributed by atoms with van der Waals surface area (Å²) in [6.45, 7) is 4.21. The first-order valence-electron chi connectivity index (χ1n) is 8.98. The second-order valence-electron chi connectivity index (χ2n) is 6.03. The Balaban J connectivity index is 1.65. The van der Waals surface area contributed by atoms with Crippen molar-refractivity contribution in [2.75, 3.05) is 17.3 Å². The molecule has 0 atom stereocenters. The number of hydrogen-bond donors (Lipinski definition) is 1. The molecule has 1 heterocycles. The fraction of sp³-hybridized carbons (Fsp3) is 0.190. The first kappa shape index (κ1) is 21.1. The molecule has 0 aliphatic carbocycles. The van der Waals surface area contributed by atoms with Crippen LogP contribution in [0.15, 0.2) is 71.2 Å². The highest BCUT2D eigenvalue weighted by Crippen LogP contribution is 2.27. The summed E-state index contributed by atoms with van der Waals surface area (Å²) in [6.07, 6.45) is 4.01. The van der Waals surface area contributed by atoms with Crippen LogP contribution in [0.3, 0.4) is 0 Å². The van der Waals surface area contributed by atoms with Crippen LogP contribution in [-0.2, 0) is 11.3 Å². The van der Waals surface area contributed by atoms with Crippen LogP contribution in [0.5, 0.6) is 0 Å². The average molecular weight is 429 g/mol. The first-order valence-corrected chi connectivity index (χ1v) is 11.2. The van der Waals surface area contributed by atoms with Crippen LogP contribution >= 0.6 is 23.5 Å². The Morgan fingerprint density at radius 2 is 1.97 bits per heavy atom. The fourth-order valence-electron chi connectivity index (χ4n) is 2.73. The third kappa shape index (κ3) is 5.27. The van der Waals surface area contributed by atoms with Crippen molar-refractivity contribution in [1.29, 1.82) is 0 Å². The van der Waals surface area contributed by atoms with E-state index in [1.807, 2.05) is 30.5 Å². The molecule has 0 aliphatic rings. The van der Waals surface area contributed by atoms with Gasteiger partial charge in [0.2, 0.25) is 5.91 Å². The lowest BCUT2D eigenvalue weighted by Crippen LogP contribution is -2.13. The summed E-state index contributed by atoms with van der Waals surface area (Å²) in [7, 11) is 0. The average Bonchev–Trinajstić information content (AvgIpc) is 3.11. The highest BCUT2D eigenvalue weighted by molar-refractivity contribution is 7.99. The van der Waals surface area contributed by atoms with Gasteiger partial charge in [-0.1, -0.05) is 42.1 Å². The predicted molar refractivity (Wildman–Crippen MR) is 118 cm³/mol. The van der Waals surface area contributed by atoms with Gasteiger partial charge in [-0.25, -0.2) is 4.39 Å². The number of nitrogens with one attached hydrogen (secondary N) is 1. The van der Waals surface area contributed by atoms with Gasteiger partial charge < -0.3 is 5.32 Å². The number of carbonyl (C=O) groups is 1. The van der Waals surface area contributed by atoms with E-state index in [1.165, 1.54) is 17.8 Å². The van der Waals surface area contributed by atoms with Crippen molar-refractivity contribution in [3.8, 4) is 11.4 Å². The number of thioether (sulfide) groups is 2. The van der Waals surface area contributed by atoms with Crippen molar-refractivity contribution >= 4 is 35.1 Å². The maximum absolute atomic E-state index is 14.2. The molecule has 8 heteroatoms. The van der Waals surface area contributed by atoms with Gasteiger partial charge in [-0.3, -0.25) is 9.36 Å². The maximum Gasteiger partial charge on any atom is 0.225 e. The molecular formula is C21H21FN4OS2. The van der Waals surface area contributed by atoms with Crippen molar-refractivity contribution in [2.24, 2.45) is 0 Å². The number of nitrogens with zero attached hydrogens (tertiary/aromatic N) is 3. The minimum absolute atomic E-state index is 0.0666. The van der Waals surface area contributed by atoms with E-state index >= 15 is 0 Å². The summed E-state index contributed by atoms with van der Waals surface area (Å²) in [4.78, 5) is 13.3. The quantitative estimate of drug-likeness (QED) is 0.379. The Labute approximate surface area is 177 Å². The number of anilines is 1. The first-order chi connectivity index (χ1) is 14.1. The van der Waals surface area contributed by atoms with Crippen molar-refractivity contribution in [2.45, 2.75) is 23.0 Å². The van der Waals surface area contributed by atoms with Crippen molar-refractivity contribution in [3.05, 3.63) is 67.0 Å². The molecule has 0 bridgehead atoms. The molecule has 0 spiro atoms. The third-order valence-electron chi connectivity index (χ3n) is 4.08. The number of carbonyl (C=O) groups excluding carboxylic acids is 1. The van der Waals surface area contributed by atoms with Gasteiger partial charge in [-0.05, 0) is 30.5 Å². The lowest BCUT2D eigenvalue weighted by Gasteiger charge is -2.10. The van der Waals surface area contributed by atoms with E-state index in [9.17, 15) is 9.18 Å². The minimum atomic E-state index is -0.353. The Hall–Kier alpha value is -2.58. The lowest BCUT2D eigenvalue weighted by atomic mass is 10.2. The highest BCUT2D eigenvalue weighted by atomic mass is 32.2. The number of hydrogen-bond acceptors (Lipinski definition) is 5. The summed E-state index contributed by atoms with van der Waals surface area (Å²) in [6, 6.07) is 14.2. The van der Waals surface area contributed by atoms with Crippen molar-refractivity contribution in [3.63, 3.8) is 0 Å². The van der Waals surface area contributed by atoms with E-state index in [1.54, 1.807) is 40.6 Å². The van der Waals surface area contributed by atoms with Crippen molar-refractivity contribution in [1.82, 2.24) is 14.8 Å². The molecule has 0 radical (unpaired) electrons. The van der Waals surface area contributed by atoms with Gasteiger partial charge in [0.15, 0.2) is 11.0 Å². The number of aromatic nitrogens is 3. The molecule has 1 amide bonds. The Morgan fingerprint density at radius 1 is 1.21 bits per heavy atom. The number of halogens is 1. The van der Waals surface area contributed by atoms with Crippen LogP contribution in [0, 0.1) is 5.82 Å². The van der Waals surface area contributed by atoms with Crippen LogP contribution in [-0.4, -0.2) is 32.7 Å². The van der Waals surface area contributed by atoms with Gasteiger partial charge in [0.25, 0.3) is 0 Å². The third-order valence-corrected chi connectivity index (χ3v) is 5.85. The normalized spacial score (nSPS) is 10.7. The summed E-state index contributed by atoms with van der Waals surface area (Å²) in [5, 5.41) is 11.9. The molecule has 2 aromatic carbocycles. The molecule has 1 N–H and O–H groups in total. The fourth-order valence-corrected chi connectivity index (χ4v) is 4.17. The number of rotatable bonds is 9. The molecule has 29 heavy (non-hydrogen) atoms. The Morgan fingerprint density at radius 3 is 2.72 bits per heavy atom. The summed E-state index contributed by atoms with van der Waals surface area (Å²) < 4.78 is 16.0. The van der Waals surface area contributed by atoms with E-state index in [0.29, 0.717) is 35.3 Å². The topological polar surface area (TPSA) is 59.8 Å². The van der Waals surface area contributed by atoms with Gasteiger partial charge in [-0.2, -0.15) is 0 Å². The summed E-state index contributed by atoms with van der Waals surface area (Å²) in [5.41, 5.74) is 1.20.